The van der Waals surface area contributed by atoms with Gasteiger partial charge in [0, 0.05) is 6.08 Å². The van der Waals surface area contributed by atoms with Gasteiger partial charge in [-0.3, -0.25) is 4.79 Å². The maximum Gasteiger partial charge on any atom is 0.180 e. The Bertz CT molecular complexity index is 864. The summed E-state index contributed by atoms with van der Waals surface area (Å²) in [5, 5.41) is 0. The van der Waals surface area contributed by atoms with Gasteiger partial charge in [-0.1, -0.05) is 11.5 Å². The molecule has 0 bridgehead atoms. The summed E-state index contributed by atoms with van der Waals surface area (Å²) < 4.78 is 0. The minimum atomic E-state index is -0.553. The monoisotopic (exact) mass is 255 g/mol. The van der Waals surface area contributed by atoms with Gasteiger partial charge in [-0.2, -0.15) is 0 Å². The average Bonchev–Trinajstić information content (AvgIpc) is 2.43. The van der Waals surface area contributed by atoms with Crippen molar-refractivity contribution in [2.45, 2.75) is 13.0 Å². The molecule has 2 N–H and O–H groups in total. The van der Waals surface area contributed by atoms with E-state index in [2.05, 4.69) is 81.1 Å². The van der Waals surface area contributed by atoms with Crippen molar-refractivity contribution in [3.05, 3.63) is 87.2 Å². The van der Waals surface area contributed by atoms with Gasteiger partial charge >= 0.3 is 0 Å². The van der Waals surface area contributed by atoms with Crippen LogP contribution in [0.5, 0.6) is 0 Å². The zero-order valence-corrected chi connectivity index (χ0v) is 10.8. The van der Waals surface area contributed by atoms with Crippen LogP contribution in [0, 0.1) is 0 Å². The summed E-state index contributed by atoms with van der Waals surface area (Å²) in [6.45, 7) is 4.87. The Hall–Kier alpha value is -3.49. The van der Waals surface area contributed by atoms with Gasteiger partial charge in [0.25, 0.3) is 0 Å². The van der Waals surface area contributed by atoms with Crippen LogP contribution in [0.3, 0.4) is 0 Å². The van der Waals surface area contributed by atoms with E-state index in [0.29, 0.717) is 0 Å². The van der Waals surface area contributed by atoms with Gasteiger partial charge < -0.3 is 5.73 Å². The number of hydrogen-bond donors (Lipinski definition) is 1. The summed E-state index contributed by atoms with van der Waals surface area (Å²) >= 11 is 0. The van der Waals surface area contributed by atoms with Gasteiger partial charge in [-0.15, -0.1) is 0 Å². The lowest BCUT2D eigenvalue weighted by atomic mass is 10.2. The van der Waals surface area contributed by atoms with Gasteiger partial charge in [-0.25, -0.2) is 0 Å². The van der Waals surface area contributed by atoms with Crippen LogP contribution >= 0.6 is 0 Å². The number of carbonyl (C=O) groups is 1. The third-order valence-corrected chi connectivity index (χ3v) is 1.45. The summed E-state index contributed by atoms with van der Waals surface area (Å²) in [5.41, 5.74) is 37.2. The molecular formula is C18H9NO. The van der Waals surface area contributed by atoms with Crippen molar-refractivity contribution >= 4 is 5.78 Å². The van der Waals surface area contributed by atoms with E-state index in [0.717, 1.165) is 0 Å². The molecule has 0 unspecified atom stereocenters. The fourth-order valence-corrected chi connectivity index (χ4v) is 0.600. The highest BCUT2D eigenvalue weighted by Gasteiger charge is 2.00. The molecule has 0 rings (SSSR count). The first-order chi connectivity index (χ1) is 9.68. The molecule has 0 amide bonds. The first kappa shape index (κ1) is 16.5. The summed E-state index contributed by atoms with van der Waals surface area (Å²) in [6, 6.07) is -0.553. The van der Waals surface area contributed by atoms with Crippen LogP contribution < -0.4 is 5.73 Å². The molecule has 0 heterocycles. The minimum Gasteiger partial charge on any atom is -0.321 e. The van der Waals surface area contributed by atoms with Crippen LogP contribution in [0.4, 0.5) is 0 Å². The van der Waals surface area contributed by atoms with E-state index in [1.807, 2.05) is 0 Å². The molecule has 0 aliphatic heterocycles. The maximum atomic E-state index is 11.0. The molecule has 20 heavy (non-hydrogen) atoms. The van der Waals surface area contributed by atoms with E-state index in [-0.39, 0.29) is 5.78 Å². The van der Waals surface area contributed by atoms with Gasteiger partial charge in [0.15, 0.2) is 5.78 Å². The second kappa shape index (κ2) is 12.0. The first-order valence-electron chi connectivity index (χ1n) is 5.33. The average molecular weight is 255 g/mol. The van der Waals surface area contributed by atoms with Crippen molar-refractivity contribution in [1.82, 2.24) is 0 Å². The topological polar surface area (TPSA) is 43.1 Å². The fourth-order valence-electron chi connectivity index (χ4n) is 0.600. The number of hydrogen-bond acceptors (Lipinski definition) is 2. The Kier molecular flexibility index (Phi) is 9.89. The number of rotatable bonds is 2. The standard InChI is InChI=1S/C18H9NO/c1-3-4-5-6-7-8-9-10-11-12-13-14-15-16-18(20)17(2)19/h16-17H,1,19H2,2H3/t17-/m1/s1. The van der Waals surface area contributed by atoms with Crippen LogP contribution in [0.15, 0.2) is 87.2 Å². The van der Waals surface area contributed by atoms with Crippen LogP contribution in [0.1, 0.15) is 6.92 Å². The molecule has 1 atom stereocenters. The van der Waals surface area contributed by atoms with E-state index in [4.69, 9.17) is 5.73 Å². The third kappa shape index (κ3) is 11.0. The summed E-state index contributed by atoms with van der Waals surface area (Å²) in [7, 11) is 0. The summed E-state index contributed by atoms with van der Waals surface area (Å²) in [5.74, 6) is -0.244. The van der Waals surface area contributed by atoms with Crippen LogP contribution in [0.2, 0.25) is 0 Å². The lowest BCUT2D eigenvalue weighted by Crippen LogP contribution is -2.24. The molecule has 0 aliphatic rings. The van der Waals surface area contributed by atoms with Crippen molar-refractivity contribution in [1.29, 1.82) is 0 Å². The number of ketones is 1. The van der Waals surface area contributed by atoms with E-state index in [9.17, 15) is 4.79 Å². The second-order valence-electron chi connectivity index (χ2n) is 3.03. The summed E-state index contributed by atoms with van der Waals surface area (Å²) in [4.78, 5) is 11.0. The molecule has 0 aromatic carbocycles. The highest BCUT2D eigenvalue weighted by Crippen LogP contribution is 1.79. The first-order valence-corrected chi connectivity index (χ1v) is 5.33. The Morgan fingerprint density at radius 1 is 0.900 bits per heavy atom. The van der Waals surface area contributed by atoms with Gasteiger partial charge in [-0.05, 0) is 76.5 Å². The van der Waals surface area contributed by atoms with Crippen molar-refractivity contribution in [3.63, 3.8) is 0 Å². The second-order valence-corrected chi connectivity index (χ2v) is 3.03. The predicted octanol–water partition coefficient (Wildman–Crippen LogP) is 2.10. The number of nitrogens with two attached hydrogens (primary N) is 1. The van der Waals surface area contributed by atoms with E-state index < -0.39 is 6.04 Å². The molecule has 2 heteroatoms. The molecule has 0 aliphatic carbocycles. The SMILES string of the molecule is C=C=C=C=C=C=C=C=C=C=C=C=C=C=CC(=O)[C@@H](C)N. The molecule has 0 saturated heterocycles. The Labute approximate surface area is 117 Å². The molecule has 0 fully saturated rings. The Morgan fingerprint density at radius 3 is 1.70 bits per heavy atom. The van der Waals surface area contributed by atoms with Crippen molar-refractivity contribution in [2.75, 3.05) is 0 Å². The molecule has 0 saturated carbocycles. The minimum absolute atomic E-state index is 0.244. The molecule has 0 radical (unpaired) electrons. The van der Waals surface area contributed by atoms with Crippen molar-refractivity contribution < 1.29 is 4.79 Å². The molecular weight excluding hydrogens is 246 g/mol. The highest BCUT2D eigenvalue weighted by molar-refractivity contribution is 5.93. The lowest BCUT2D eigenvalue weighted by molar-refractivity contribution is -0.115. The largest absolute Gasteiger partial charge is 0.321 e. The van der Waals surface area contributed by atoms with E-state index >= 15 is 0 Å². The maximum absolute atomic E-state index is 11.0. The van der Waals surface area contributed by atoms with Crippen molar-refractivity contribution in [2.24, 2.45) is 5.73 Å². The summed E-state index contributed by atoms with van der Waals surface area (Å²) in [6.07, 6.45) is 1.18. The third-order valence-electron chi connectivity index (χ3n) is 1.45. The van der Waals surface area contributed by atoms with Gasteiger partial charge in [0.2, 0.25) is 0 Å². The van der Waals surface area contributed by atoms with Gasteiger partial charge in [0.1, 0.15) is 0 Å². The van der Waals surface area contributed by atoms with Gasteiger partial charge in [0.05, 0.1) is 6.04 Å². The zero-order chi connectivity index (χ0) is 15.1. The molecule has 0 aromatic heterocycles. The van der Waals surface area contributed by atoms with Crippen molar-refractivity contribution in [3.8, 4) is 0 Å². The lowest BCUT2D eigenvalue weighted by Gasteiger charge is -1.93. The zero-order valence-electron chi connectivity index (χ0n) is 10.8. The van der Waals surface area contributed by atoms with E-state index in [1.165, 1.54) is 6.08 Å². The quantitative estimate of drug-likeness (QED) is 0.606. The predicted molar refractivity (Wildman–Crippen MR) is 74.5 cm³/mol. The molecule has 0 spiro atoms. The molecule has 92 valence electrons. The van der Waals surface area contributed by atoms with Crippen LogP contribution in [-0.2, 0) is 4.79 Å². The Morgan fingerprint density at radius 2 is 1.30 bits per heavy atom. The fraction of sp³-hybridized carbons (Fsp3) is 0.111. The van der Waals surface area contributed by atoms with E-state index in [1.54, 1.807) is 6.92 Å². The smallest absolute Gasteiger partial charge is 0.180 e. The molecule has 0 aromatic rings. The Balaban J connectivity index is 5.44. The van der Waals surface area contributed by atoms with Crippen LogP contribution in [-0.4, -0.2) is 11.8 Å². The van der Waals surface area contributed by atoms with Crippen LogP contribution in [0.25, 0.3) is 0 Å². The normalized spacial score (nSPS) is 7.10. The molecule has 2 nitrogen and oxygen atoms in total. The highest BCUT2D eigenvalue weighted by atomic mass is 16.1. The number of carbonyl (C=O) groups excluding carboxylic acids is 1.